The van der Waals surface area contributed by atoms with Gasteiger partial charge < -0.3 is 20.7 Å². The van der Waals surface area contributed by atoms with Crippen molar-refractivity contribution in [2.75, 3.05) is 40.3 Å². The van der Waals surface area contributed by atoms with Gasteiger partial charge in [-0.15, -0.1) is 0 Å². The fraction of sp³-hybridized carbons (Fsp3) is 0.900. The van der Waals surface area contributed by atoms with Crippen molar-refractivity contribution in [3.05, 3.63) is 0 Å². The maximum atomic E-state index is 11.5. The Hall–Kier alpha value is -0.650. The molecule has 0 aromatic heterocycles. The molecular weight excluding hydrogens is 194 g/mol. The van der Waals surface area contributed by atoms with Crippen LogP contribution in [0, 0.1) is 5.92 Å². The third-order valence-corrected chi connectivity index (χ3v) is 2.84. The molecule has 1 aliphatic heterocycles. The number of methoxy groups -OCH3 is 1. The van der Waals surface area contributed by atoms with Crippen LogP contribution in [0.25, 0.3) is 0 Å². The smallest absolute Gasteiger partial charge is 0.250 e. The third kappa shape index (κ3) is 3.77. The molecular formula is C10H21N3O2. The van der Waals surface area contributed by atoms with Gasteiger partial charge in [0, 0.05) is 26.7 Å². The Kier molecular flexibility index (Phi) is 5.01. The number of rotatable bonds is 5. The molecule has 2 unspecified atom stereocenters. The molecule has 0 aliphatic carbocycles. The van der Waals surface area contributed by atoms with E-state index < -0.39 is 6.10 Å². The van der Waals surface area contributed by atoms with Crippen molar-refractivity contribution >= 4 is 5.91 Å². The summed E-state index contributed by atoms with van der Waals surface area (Å²) in [6.45, 7) is 3.13. The lowest BCUT2D eigenvalue weighted by molar-refractivity contribution is -0.130. The quantitative estimate of drug-likeness (QED) is 0.619. The molecule has 1 fully saturated rings. The van der Waals surface area contributed by atoms with Gasteiger partial charge in [-0.25, -0.2) is 0 Å². The van der Waals surface area contributed by atoms with E-state index in [1.165, 1.54) is 7.11 Å². The summed E-state index contributed by atoms with van der Waals surface area (Å²) in [5.74, 6) is 0.462. The summed E-state index contributed by atoms with van der Waals surface area (Å²) in [7, 11) is 3.60. The van der Waals surface area contributed by atoms with Gasteiger partial charge in [-0.2, -0.15) is 0 Å². The Morgan fingerprint density at radius 1 is 1.73 bits per heavy atom. The van der Waals surface area contributed by atoms with E-state index in [2.05, 4.69) is 17.3 Å². The predicted octanol–water partition coefficient (Wildman–Crippen LogP) is -0.972. The number of likely N-dealkylation sites (tertiary alicyclic amines) is 1. The Labute approximate surface area is 90.9 Å². The minimum Gasteiger partial charge on any atom is -0.370 e. The van der Waals surface area contributed by atoms with E-state index in [-0.39, 0.29) is 12.5 Å². The van der Waals surface area contributed by atoms with Crippen LogP contribution < -0.4 is 11.1 Å². The summed E-state index contributed by atoms with van der Waals surface area (Å²) in [5.41, 5.74) is 5.40. The number of nitrogens with two attached hydrogens (primary N) is 1. The highest BCUT2D eigenvalue weighted by Gasteiger charge is 2.21. The number of nitrogens with one attached hydrogen (secondary N) is 1. The zero-order chi connectivity index (χ0) is 11.3. The number of carbonyl (C=O) groups excluding carboxylic acids is 1. The zero-order valence-corrected chi connectivity index (χ0v) is 9.53. The van der Waals surface area contributed by atoms with Crippen LogP contribution >= 0.6 is 0 Å². The topological polar surface area (TPSA) is 67.6 Å². The fourth-order valence-corrected chi connectivity index (χ4v) is 1.86. The van der Waals surface area contributed by atoms with E-state index in [0.29, 0.717) is 5.92 Å². The summed E-state index contributed by atoms with van der Waals surface area (Å²) < 4.78 is 4.95. The molecule has 1 amide bonds. The van der Waals surface area contributed by atoms with Gasteiger partial charge in [-0.1, -0.05) is 0 Å². The van der Waals surface area contributed by atoms with Gasteiger partial charge >= 0.3 is 0 Å². The molecule has 15 heavy (non-hydrogen) atoms. The summed E-state index contributed by atoms with van der Waals surface area (Å²) in [6, 6.07) is 0. The maximum absolute atomic E-state index is 11.5. The predicted molar refractivity (Wildman–Crippen MR) is 58.5 cm³/mol. The van der Waals surface area contributed by atoms with E-state index in [1.54, 1.807) is 0 Å². The lowest BCUT2D eigenvalue weighted by atomic mass is 10.1. The minimum atomic E-state index is -0.510. The van der Waals surface area contributed by atoms with Crippen LogP contribution in [0.2, 0.25) is 0 Å². The largest absolute Gasteiger partial charge is 0.370 e. The van der Waals surface area contributed by atoms with Crippen molar-refractivity contribution in [3.8, 4) is 0 Å². The van der Waals surface area contributed by atoms with Gasteiger partial charge in [0.25, 0.3) is 0 Å². The molecule has 5 nitrogen and oxygen atoms in total. The van der Waals surface area contributed by atoms with Crippen LogP contribution in [0.1, 0.15) is 6.42 Å². The Balaban J connectivity index is 2.21. The number of nitrogens with zero attached hydrogens (tertiary/aromatic N) is 1. The second-order valence-corrected chi connectivity index (χ2v) is 4.12. The molecule has 88 valence electrons. The van der Waals surface area contributed by atoms with Gasteiger partial charge in [0.1, 0.15) is 6.10 Å². The maximum Gasteiger partial charge on any atom is 0.250 e. The standard InChI is InChI=1S/C10H21N3O2/c1-13-4-3-8(7-13)6-12-10(14)9(5-11)15-2/h8-9H,3-7,11H2,1-2H3,(H,12,14). The molecule has 1 saturated heterocycles. The average molecular weight is 215 g/mol. The number of ether oxygens (including phenoxy) is 1. The van der Waals surface area contributed by atoms with Gasteiger partial charge in [0.2, 0.25) is 5.91 Å². The summed E-state index contributed by atoms with van der Waals surface area (Å²) in [4.78, 5) is 13.8. The van der Waals surface area contributed by atoms with Gasteiger partial charge in [0.15, 0.2) is 0 Å². The normalized spacial score (nSPS) is 24.1. The highest BCUT2D eigenvalue weighted by Crippen LogP contribution is 2.12. The van der Waals surface area contributed by atoms with Crippen LogP contribution in [0.4, 0.5) is 0 Å². The van der Waals surface area contributed by atoms with Crippen LogP contribution in [0.3, 0.4) is 0 Å². The average Bonchev–Trinajstić information content (AvgIpc) is 2.63. The molecule has 2 atom stereocenters. The number of carbonyl (C=O) groups is 1. The Bertz CT molecular complexity index is 207. The molecule has 0 bridgehead atoms. The van der Waals surface area contributed by atoms with E-state index >= 15 is 0 Å². The second-order valence-electron chi connectivity index (χ2n) is 4.12. The molecule has 1 aliphatic rings. The monoisotopic (exact) mass is 215 g/mol. The molecule has 1 rings (SSSR count). The highest BCUT2D eigenvalue weighted by molar-refractivity contribution is 5.80. The zero-order valence-electron chi connectivity index (χ0n) is 9.53. The van der Waals surface area contributed by atoms with Crippen LogP contribution in [-0.2, 0) is 9.53 Å². The van der Waals surface area contributed by atoms with Crippen molar-refractivity contribution in [2.45, 2.75) is 12.5 Å². The summed E-state index contributed by atoms with van der Waals surface area (Å²) >= 11 is 0. The van der Waals surface area contributed by atoms with Crippen LogP contribution in [0.15, 0.2) is 0 Å². The van der Waals surface area contributed by atoms with Crippen molar-refractivity contribution < 1.29 is 9.53 Å². The lowest BCUT2D eigenvalue weighted by Crippen LogP contribution is -2.42. The number of hydrogen-bond acceptors (Lipinski definition) is 4. The van der Waals surface area contributed by atoms with Crippen molar-refractivity contribution in [1.29, 1.82) is 0 Å². The first-order valence-electron chi connectivity index (χ1n) is 5.36. The molecule has 0 spiro atoms. The van der Waals surface area contributed by atoms with E-state index in [0.717, 1.165) is 26.1 Å². The van der Waals surface area contributed by atoms with Crippen molar-refractivity contribution in [3.63, 3.8) is 0 Å². The van der Waals surface area contributed by atoms with Crippen molar-refractivity contribution in [2.24, 2.45) is 11.7 Å². The van der Waals surface area contributed by atoms with Crippen LogP contribution in [-0.4, -0.2) is 57.2 Å². The molecule has 1 heterocycles. The van der Waals surface area contributed by atoms with Crippen LogP contribution in [0.5, 0.6) is 0 Å². The Morgan fingerprint density at radius 2 is 2.47 bits per heavy atom. The third-order valence-electron chi connectivity index (χ3n) is 2.84. The number of amides is 1. The van der Waals surface area contributed by atoms with E-state index in [9.17, 15) is 4.79 Å². The van der Waals surface area contributed by atoms with Gasteiger partial charge in [-0.3, -0.25) is 4.79 Å². The molecule has 0 aromatic rings. The summed E-state index contributed by atoms with van der Waals surface area (Å²) in [6.07, 6.45) is 0.640. The number of hydrogen-bond donors (Lipinski definition) is 2. The lowest BCUT2D eigenvalue weighted by Gasteiger charge is -2.15. The van der Waals surface area contributed by atoms with E-state index in [4.69, 9.17) is 10.5 Å². The molecule has 0 aromatic carbocycles. The molecule has 3 N–H and O–H groups in total. The van der Waals surface area contributed by atoms with Crippen molar-refractivity contribution in [1.82, 2.24) is 10.2 Å². The SMILES string of the molecule is COC(CN)C(=O)NCC1CCN(C)C1. The first-order chi connectivity index (χ1) is 7.17. The molecule has 0 saturated carbocycles. The second kappa shape index (κ2) is 6.05. The van der Waals surface area contributed by atoms with Gasteiger partial charge in [-0.05, 0) is 25.9 Å². The minimum absolute atomic E-state index is 0.102. The molecule has 5 heteroatoms. The summed E-state index contributed by atoms with van der Waals surface area (Å²) in [5, 5.41) is 2.88. The van der Waals surface area contributed by atoms with Gasteiger partial charge in [0.05, 0.1) is 0 Å². The molecule has 0 radical (unpaired) electrons. The highest BCUT2D eigenvalue weighted by atomic mass is 16.5. The van der Waals surface area contributed by atoms with E-state index in [1.807, 2.05) is 0 Å². The Morgan fingerprint density at radius 3 is 2.93 bits per heavy atom. The fourth-order valence-electron chi connectivity index (χ4n) is 1.86. The first kappa shape index (κ1) is 12.4. The first-order valence-corrected chi connectivity index (χ1v) is 5.36.